The number of aromatic nitrogens is 1. The number of hydrogen-bond acceptors (Lipinski definition) is 3. The minimum atomic E-state index is -0.786. The van der Waals surface area contributed by atoms with Crippen LogP contribution in [-0.2, 0) is 4.79 Å². The lowest BCUT2D eigenvalue weighted by Gasteiger charge is -2.16. The maximum absolute atomic E-state index is 12.2. The summed E-state index contributed by atoms with van der Waals surface area (Å²) in [5.41, 5.74) is 0.527. The van der Waals surface area contributed by atoms with Gasteiger partial charge in [-0.05, 0) is 30.9 Å². The van der Waals surface area contributed by atoms with Crippen molar-refractivity contribution in [1.82, 2.24) is 9.88 Å². The van der Waals surface area contributed by atoms with Crippen LogP contribution in [0.15, 0.2) is 18.3 Å². The summed E-state index contributed by atoms with van der Waals surface area (Å²) >= 11 is 5.76. The summed E-state index contributed by atoms with van der Waals surface area (Å²) in [5.74, 6) is -0.579. The number of halogens is 1. The van der Waals surface area contributed by atoms with Crippen LogP contribution in [0.4, 0.5) is 0 Å². The Morgan fingerprint density at radius 1 is 1.53 bits per heavy atom. The van der Waals surface area contributed by atoms with Crippen LogP contribution in [0, 0.1) is 5.92 Å². The highest BCUT2D eigenvalue weighted by Gasteiger charge is 2.27. The summed E-state index contributed by atoms with van der Waals surface area (Å²) in [6, 6.07) is 3.19. The number of carbonyl (C=O) groups is 2. The third kappa shape index (κ3) is 3.67. The van der Waals surface area contributed by atoms with E-state index in [9.17, 15) is 9.59 Å². The Labute approximate surface area is 116 Å². The molecular weight excluding hydrogens is 268 g/mol. The Bertz CT molecular complexity index is 493. The predicted molar refractivity (Wildman–Crippen MR) is 70.1 cm³/mol. The number of rotatable bonds is 4. The van der Waals surface area contributed by atoms with Gasteiger partial charge in [-0.1, -0.05) is 11.6 Å². The second-order valence-corrected chi connectivity index (χ2v) is 5.09. The fraction of sp³-hybridized carbons (Fsp3) is 0.462. The van der Waals surface area contributed by atoms with E-state index in [1.807, 2.05) is 0 Å². The van der Waals surface area contributed by atoms with Crippen molar-refractivity contribution in [3.8, 4) is 0 Å². The molecule has 102 valence electrons. The lowest BCUT2D eigenvalue weighted by Crippen LogP contribution is -2.28. The summed E-state index contributed by atoms with van der Waals surface area (Å²) in [4.78, 5) is 28.3. The molecule has 19 heavy (non-hydrogen) atoms. The Morgan fingerprint density at radius 2 is 2.32 bits per heavy atom. The summed E-state index contributed by atoms with van der Waals surface area (Å²) in [5, 5.41) is 8.95. The predicted octanol–water partition coefficient (Wildman–Crippen LogP) is 2.06. The van der Waals surface area contributed by atoms with Crippen molar-refractivity contribution in [1.29, 1.82) is 0 Å². The number of aliphatic carboxylic acids is 1. The lowest BCUT2D eigenvalue weighted by molar-refractivity contribution is -0.137. The first-order valence-corrected chi connectivity index (χ1v) is 6.56. The van der Waals surface area contributed by atoms with E-state index < -0.39 is 5.97 Å². The van der Waals surface area contributed by atoms with Crippen LogP contribution < -0.4 is 0 Å². The summed E-state index contributed by atoms with van der Waals surface area (Å²) in [7, 11) is 0. The highest BCUT2D eigenvalue weighted by atomic mass is 35.5. The number of hydrogen-bond donors (Lipinski definition) is 1. The highest BCUT2D eigenvalue weighted by Crippen LogP contribution is 2.23. The minimum Gasteiger partial charge on any atom is -0.481 e. The van der Waals surface area contributed by atoms with E-state index in [1.54, 1.807) is 17.0 Å². The van der Waals surface area contributed by atoms with E-state index in [0.29, 0.717) is 30.2 Å². The summed E-state index contributed by atoms with van der Waals surface area (Å²) < 4.78 is 0. The van der Waals surface area contributed by atoms with Gasteiger partial charge >= 0.3 is 5.97 Å². The first-order chi connectivity index (χ1) is 9.06. The van der Waals surface area contributed by atoms with Crippen LogP contribution in [0.2, 0.25) is 5.15 Å². The molecule has 5 nitrogen and oxygen atoms in total. The number of amides is 1. The molecule has 0 radical (unpaired) electrons. The molecule has 0 saturated carbocycles. The number of carboxylic acids is 1. The van der Waals surface area contributed by atoms with Crippen molar-refractivity contribution in [2.24, 2.45) is 5.92 Å². The van der Waals surface area contributed by atoms with E-state index in [0.717, 1.165) is 6.42 Å². The maximum atomic E-state index is 12.2. The lowest BCUT2D eigenvalue weighted by atomic mass is 10.0. The van der Waals surface area contributed by atoms with Gasteiger partial charge in [-0.15, -0.1) is 0 Å². The first kappa shape index (κ1) is 13.8. The Kier molecular flexibility index (Phi) is 4.37. The van der Waals surface area contributed by atoms with Crippen LogP contribution >= 0.6 is 11.6 Å². The third-order valence-electron chi connectivity index (χ3n) is 3.31. The molecule has 1 N–H and O–H groups in total. The van der Waals surface area contributed by atoms with Crippen LogP contribution in [-0.4, -0.2) is 40.0 Å². The second kappa shape index (κ2) is 6.02. The molecule has 2 heterocycles. The zero-order chi connectivity index (χ0) is 13.8. The third-order valence-corrected chi connectivity index (χ3v) is 3.52. The SMILES string of the molecule is O=C(O)CCC1CCN(C(=O)c2ccnc(Cl)c2)C1. The van der Waals surface area contributed by atoms with Gasteiger partial charge in [0.15, 0.2) is 0 Å². The Morgan fingerprint density at radius 3 is 3.00 bits per heavy atom. The van der Waals surface area contributed by atoms with Gasteiger partial charge in [0.2, 0.25) is 0 Å². The van der Waals surface area contributed by atoms with Gasteiger partial charge in [0, 0.05) is 31.3 Å². The zero-order valence-corrected chi connectivity index (χ0v) is 11.1. The van der Waals surface area contributed by atoms with Crippen molar-refractivity contribution < 1.29 is 14.7 Å². The van der Waals surface area contributed by atoms with Gasteiger partial charge in [0.05, 0.1) is 0 Å². The van der Waals surface area contributed by atoms with Crippen LogP contribution in [0.25, 0.3) is 0 Å². The largest absolute Gasteiger partial charge is 0.481 e. The van der Waals surface area contributed by atoms with Crippen LogP contribution in [0.5, 0.6) is 0 Å². The molecule has 1 amide bonds. The number of carbonyl (C=O) groups excluding carboxylic acids is 1. The molecule has 0 aromatic carbocycles. The molecule has 1 aromatic rings. The van der Waals surface area contributed by atoms with Gasteiger partial charge in [-0.2, -0.15) is 0 Å². The fourth-order valence-corrected chi connectivity index (χ4v) is 2.47. The number of nitrogens with zero attached hydrogens (tertiary/aromatic N) is 2. The second-order valence-electron chi connectivity index (χ2n) is 4.71. The topological polar surface area (TPSA) is 70.5 Å². The minimum absolute atomic E-state index is 0.0675. The maximum Gasteiger partial charge on any atom is 0.303 e. The molecule has 2 rings (SSSR count). The Balaban J connectivity index is 1.93. The zero-order valence-electron chi connectivity index (χ0n) is 10.4. The number of pyridine rings is 1. The van der Waals surface area contributed by atoms with Crippen molar-refractivity contribution in [3.05, 3.63) is 29.0 Å². The van der Waals surface area contributed by atoms with Gasteiger partial charge in [-0.25, -0.2) is 4.98 Å². The monoisotopic (exact) mass is 282 g/mol. The summed E-state index contributed by atoms with van der Waals surface area (Å²) in [6.45, 7) is 1.29. The van der Waals surface area contributed by atoms with Crippen molar-refractivity contribution in [3.63, 3.8) is 0 Å². The Hall–Kier alpha value is -1.62. The molecule has 0 aliphatic carbocycles. The van der Waals surface area contributed by atoms with Gasteiger partial charge < -0.3 is 10.0 Å². The molecule has 1 aromatic heterocycles. The van der Waals surface area contributed by atoms with Gasteiger partial charge in [-0.3, -0.25) is 9.59 Å². The fourth-order valence-electron chi connectivity index (χ4n) is 2.30. The average Bonchev–Trinajstić information content (AvgIpc) is 2.84. The van der Waals surface area contributed by atoms with E-state index in [1.165, 1.54) is 6.20 Å². The molecule has 0 spiro atoms. The quantitative estimate of drug-likeness (QED) is 0.858. The molecule has 1 fully saturated rings. The van der Waals surface area contributed by atoms with E-state index in [2.05, 4.69) is 4.98 Å². The van der Waals surface area contributed by atoms with Crippen molar-refractivity contribution >= 4 is 23.5 Å². The molecule has 1 aliphatic rings. The van der Waals surface area contributed by atoms with E-state index in [4.69, 9.17) is 16.7 Å². The smallest absolute Gasteiger partial charge is 0.303 e. The van der Waals surface area contributed by atoms with Gasteiger partial charge in [0.1, 0.15) is 5.15 Å². The molecule has 1 saturated heterocycles. The van der Waals surface area contributed by atoms with Crippen molar-refractivity contribution in [2.75, 3.05) is 13.1 Å². The summed E-state index contributed by atoms with van der Waals surface area (Å²) in [6.07, 6.45) is 3.15. The van der Waals surface area contributed by atoms with Crippen LogP contribution in [0.1, 0.15) is 29.6 Å². The molecular formula is C13H15ClN2O3. The first-order valence-electron chi connectivity index (χ1n) is 6.19. The van der Waals surface area contributed by atoms with Crippen LogP contribution in [0.3, 0.4) is 0 Å². The number of likely N-dealkylation sites (tertiary alicyclic amines) is 1. The molecule has 1 atom stereocenters. The normalized spacial score (nSPS) is 18.6. The molecule has 1 aliphatic heterocycles. The van der Waals surface area contributed by atoms with Gasteiger partial charge in [0.25, 0.3) is 5.91 Å². The highest BCUT2D eigenvalue weighted by molar-refractivity contribution is 6.29. The van der Waals surface area contributed by atoms with E-state index in [-0.39, 0.29) is 18.2 Å². The van der Waals surface area contributed by atoms with E-state index >= 15 is 0 Å². The standard InChI is InChI=1S/C13H15ClN2O3/c14-11-7-10(3-5-15-11)13(19)16-6-4-9(8-16)1-2-12(17)18/h3,5,7,9H,1-2,4,6,8H2,(H,17,18). The molecule has 0 bridgehead atoms. The molecule has 6 heteroatoms. The number of carboxylic acid groups (broad SMARTS) is 1. The van der Waals surface area contributed by atoms with Crippen molar-refractivity contribution in [2.45, 2.75) is 19.3 Å². The molecule has 1 unspecified atom stereocenters. The average molecular weight is 283 g/mol.